The topological polar surface area (TPSA) is 67.7 Å². The van der Waals surface area contributed by atoms with Crippen molar-refractivity contribution in [3.8, 4) is 0 Å². The van der Waals surface area contributed by atoms with Crippen molar-refractivity contribution in [2.75, 3.05) is 0 Å². The van der Waals surface area contributed by atoms with Crippen molar-refractivity contribution in [3.63, 3.8) is 0 Å². The number of hydrogen-bond donors (Lipinski definition) is 1. The van der Waals surface area contributed by atoms with Crippen molar-refractivity contribution in [2.45, 2.75) is 6.92 Å². The Bertz CT molecular complexity index is 551. The van der Waals surface area contributed by atoms with Crippen molar-refractivity contribution in [1.29, 1.82) is 0 Å². The Hall–Kier alpha value is -2.56. The highest BCUT2D eigenvalue weighted by Gasteiger charge is 2.05. The molecular formula is C13H12N2O3. The molecule has 1 N–H and O–H groups in total. The zero-order valence-electron chi connectivity index (χ0n) is 9.79. The van der Waals surface area contributed by atoms with Crippen molar-refractivity contribution in [2.24, 2.45) is 5.10 Å². The molecule has 0 spiro atoms. The summed E-state index contributed by atoms with van der Waals surface area (Å²) in [4.78, 5) is 11.4. The SMILES string of the molecule is CC(/C=N\NC(=O)c1ccco1)=C\c1ccco1. The average Bonchev–Trinajstić information content (AvgIpc) is 3.00. The van der Waals surface area contributed by atoms with Gasteiger partial charge in [0, 0.05) is 0 Å². The number of hydrazone groups is 1. The van der Waals surface area contributed by atoms with Gasteiger partial charge in [-0.05, 0) is 42.8 Å². The number of carbonyl (C=O) groups is 1. The van der Waals surface area contributed by atoms with Crippen LogP contribution in [0.3, 0.4) is 0 Å². The number of allylic oxidation sites excluding steroid dienone is 1. The van der Waals surface area contributed by atoms with E-state index in [1.165, 1.54) is 12.5 Å². The highest BCUT2D eigenvalue weighted by atomic mass is 16.3. The Kier molecular flexibility index (Phi) is 3.76. The Morgan fingerprint density at radius 3 is 2.72 bits per heavy atom. The van der Waals surface area contributed by atoms with E-state index in [1.54, 1.807) is 24.5 Å². The number of nitrogens with one attached hydrogen (secondary N) is 1. The quantitative estimate of drug-likeness (QED) is 0.664. The van der Waals surface area contributed by atoms with Crippen LogP contribution in [0, 0.1) is 0 Å². The number of nitrogens with zero attached hydrogens (tertiary/aromatic N) is 1. The lowest BCUT2D eigenvalue weighted by Gasteiger charge is -1.95. The Balaban J connectivity index is 1.90. The second-order valence-corrected chi connectivity index (χ2v) is 3.58. The number of rotatable bonds is 4. The molecule has 0 radical (unpaired) electrons. The first-order chi connectivity index (χ1) is 8.75. The van der Waals surface area contributed by atoms with Crippen LogP contribution in [-0.2, 0) is 0 Å². The summed E-state index contributed by atoms with van der Waals surface area (Å²) < 4.78 is 10.1. The molecule has 0 atom stereocenters. The van der Waals surface area contributed by atoms with Crippen LogP contribution in [0.2, 0.25) is 0 Å². The molecule has 2 heterocycles. The highest BCUT2D eigenvalue weighted by Crippen LogP contribution is 2.05. The fraction of sp³-hybridized carbons (Fsp3) is 0.0769. The summed E-state index contributed by atoms with van der Waals surface area (Å²) >= 11 is 0. The van der Waals surface area contributed by atoms with Gasteiger partial charge >= 0.3 is 5.91 Å². The van der Waals surface area contributed by atoms with E-state index in [0.29, 0.717) is 0 Å². The maximum absolute atomic E-state index is 11.4. The monoisotopic (exact) mass is 244 g/mol. The Morgan fingerprint density at radius 2 is 2.06 bits per heavy atom. The first-order valence-electron chi connectivity index (χ1n) is 5.34. The van der Waals surface area contributed by atoms with Crippen LogP contribution in [0.25, 0.3) is 6.08 Å². The Labute approximate surface area is 104 Å². The molecule has 0 aliphatic carbocycles. The van der Waals surface area contributed by atoms with E-state index in [1.807, 2.05) is 19.1 Å². The lowest BCUT2D eigenvalue weighted by molar-refractivity contribution is 0.0927. The molecule has 0 aromatic carbocycles. The van der Waals surface area contributed by atoms with Gasteiger partial charge in [-0.15, -0.1) is 0 Å². The van der Waals surface area contributed by atoms with Gasteiger partial charge in [0.2, 0.25) is 0 Å². The van der Waals surface area contributed by atoms with Crippen LogP contribution in [0.5, 0.6) is 0 Å². The number of furan rings is 2. The van der Waals surface area contributed by atoms with Crippen LogP contribution in [0.1, 0.15) is 23.2 Å². The van der Waals surface area contributed by atoms with Crippen LogP contribution < -0.4 is 5.43 Å². The standard InChI is InChI=1S/C13H12N2O3/c1-10(8-11-4-2-6-17-11)9-14-15-13(16)12-5-3-7-18-12/h2-9H,1H3,(H,15,16)/b10-8+,14-9-. The lowest BCUT2D eigenvalue weighted by Crippen LogP contribution is -2.16. The molecule has 92 valence electrons. The van der Waals surface area contributed by atoms with Gasteiger partial charge in [-0.3, -0.25) is 4.79 Å². The zero-order valence-corrected chi connectivity index (χ0v) is 9.79. The van der Waals surface area contributed by atoms with E-state index in [0.717, 1.165) is 11.3 Å². The third-order valence-corrected chi connectivity index (χ3v) is 2.09. The minimum Gasteiger partial charge on any atom is -0.465 e. The normalized spacial score (nSPS) is 11.9. The van der Waals surface area contributed by atoms with E-state index >= 15 is 0 Å². The molecule has 0 aliphatic heterocycles. The maximum atomic E-state index is 11.4. The molecule has 0 aliphatic rings. The van der Waals surface area contributed by atoms with E-state index in [-0.39, 0.29) is 11.7 Å². The molecule has 2 rings (SSSR count). The van der Waals surface area contributed by atoms with Crippen LogP contribution >= 0.6 is 0 Å². The smallest absolute Gasteiger partial charge is 0.307 e. The predicted octanol–water partition coefficient (Wildman–Crippen LogP) is 2.69. The van der Waals surface area contributed by atoms with Crippen molar-refractivity contribution in [3.05, 3.63) is 53.9 Å². The maximum Gasteiger partial charge on any atom is 0.307 e. The molecule has 0 bridgehead atoms. The average molecular weight is 244 g/mol. The highest BCUT2D eigenvalue weighted by molar-refractivity contribution is 5.92. The van der Waals surface area contributed by atoms with Crippen molar-refractivity contribution in [1.82, 2.24) is 5.43 Å². The van der Waals surface area contributed by atoms with E-state index in [2.05, 4.69) is 10.5 Å². The lowest BCUT2D eigenvalue weighted by atomic mass is 10.3. The van der Waals surface area contributed by atoms with Crippen LogP contribution in [-0.4, -0.2) is 12.1 Å². The van der Waals surface area contributed by atoms with Gasteiger partial charge in [0.05, 0.1) is 18.7 Å². The third kappa shape index (κ3) is 3.21. The molecule has 1 amide bonds. The fourth-order valence-corrected chi connectivity index (χ4v) is 1.29. The van der Waals surface area contributed by atoms with E-state index < -0.39 is 0 Å². The van der Waals surface area contributed by atoms with Gasteiger partial charge in [-0.25, -0.2) is 5.43 Å². The number of amides is 1. The minimum atomic E-state index is -0.387. The van der Waals surface area contributed by atoms with E-state index in [4.69, 9.17) is 8.83 Å². The van der Waals surface area contributed by atoms with Crippen molar-refractivity contribution < 1.29 is 13.6 Å². The fourth-order valence-electron chi connectivity index (χ4n) is 1.29. The summed E-state index contributed by atoms with van der Waals surface area (Å²) in [7, 11) is 0. The molecular weight excluding hydrogens is 232 g/mol. The first-order valence-corrected chi connectivity index (χ1v) is 5.34. The minimum absolute atomic E-state index is 0.222. The molecule has 5 nitrogen and oxygen atoms in total. The Morgan fingerprint density at radius 1 is 1.28 bits per heavy atom. The molecule has 18 heavy (non-hydrogen) atoms. The van der Waals surface area contributed by atoms with Gasteiger partial charge in [0.1, 0.15) is 5.76 Å². The molecule has 2 aromatic heterocycles. The molecule has 2 aromatic rings. The van der Waals surface area contributed by atoms with Crippen LogP contribution in [0.4, 0.5) is 0 Å². The summed E-state index contributed by atoms with van der Waals surface area (Å²) in [5, 5.41) is 3.81. The molecule has 0 unspecified atom stereocenters. The van der Waals surface area contributed by atoms with Gasteiger partial charge < -0.3 is 8.83 Å². The largest absolute Gasteiger partial charge is 0.465 e. The van der Waals surface area contributed by atoms with Gasteiger partial charge in [0.25, 0.3) is 0 Å². The third-order valence-electron chi connectivity index (χ3n) is 2.09. The van der Waals surface area contributed by atoms with Gasteiger partial charge in [-0.1, -0.05) is 0 Å². The number of hydrogen-bond acceptors (Lipinski definition) is 4. The van der Waals surface area contributed by atoms with E-state index in [9.17, 15) is 4.79 Å². The van der Waals surface area contributed by atoms with Crippen molar-refractivity contribution >= 4 is 18.2 Å². The second-order valence-electron chi connectivity index (χ2n) is 3.58. The second kappa shape index (κ2) is 5.67. The summed E-state index contributed by atoms with van der Waals surface area (Å²) in [5.74, 6) is 0.568. The first kappa shape index (κ1) is 11.9. The molecule has 0 saturated carbocycles. The molecule has 5 heteroatoms. The molecule has 0 fully saturated rings. The summed E-state index contributed by atoms with van der Waals surface area (Å²) in [5.41, 5.74) is 3.21. The van der Waals surface area contributed by atoms with Gasteiger partial charge in [0.15, 0.2) is 5.76 Å². The summed E-state index contributed by atoms with van der Waals surface area (Å²) in [6.45, 7) is 1.85. The summed E-state index contributed by atoms with van der Waals surface area (Å²) in [6, 6.07) is 6.84. The van der Waals surface area contributed by atoms with Crippen LogP contribution in [0.15, 0.2) is 56.3 Å². The number of carbonyl (C=O) groups excluding carboxylic acids is 1. The van der Waals surface area contributed by atoms with Gasteiger partial charge in [-0.2, -0.15) is 5.10 Å². The predicted molar refractivity (Wildman–Crippen MR) is 67.0 cm³/mol. The molecule has 0 saturated heterocycles. The zero-order chi connectivity index (χ0) is 12.8. The summed E-state index contributed by atoms with van der Waals surface area (Å²) in [6.07, 6.45) is 6.36.